The largest absolute Gasteiger partial charge is 0.370 e. The van der Waals surface area contributed by atoms with Crippen LogP contribution in [0, 0.1) is 0 Å². The van der Waals surface area contributed by atoms with Gasteiger partial charge in [0.25, 0.3) is 0 Å². The van der Waals surface area contributed by atoms with E-state index in [2.05, 4.69) is 27.2 Å². The van der Waals surface area contributed by atoms with Crippen LogP contribution in [0.4, 0.5) is 11.6 Å². The minimum absolute atomic E-state index is 0.682. The first-order valence-electron chi connectivity index (χ1n) is 6.43. The Bertz CT molecular complexity index is 554. The van der Waals surface area contributed by atoms with Crippen LogP contribution in [0.15, 0.2) is 49.3 Å². The normalized spacial score (nSPS) is 10.1. The zero-order valence-corrected chi connectivity index (χ0v) is 11.9. The standard InChI is InChI=1S/C15H17ClN4/c1-2-8-17-14-10-15(20-11-19-14)18-9-7-12-3-5-13(16)6-4-12/h2-6,10-11H,1,7-9H2,(H2,17,18,19,20). The minimum Gasteiger partial charge on any atom is -0.370 e. The molecule has 2 aromatic rings. The summed E-state index contributed by atoms with van der Waals surface area (Å²) in [6.45, 7) is 5.14. The molecule has 0 aliphatic rings. The average molecular weight is 289 g/mol. The third-order valence-corrected chi connectivity index (χ3v) is 2.98. The highest BCUT2D eigenvalue weighted by Gasteiger charge is 1.98. The molecule has 104 valence electrons. The third kappa shape index (κ3) is 4.55. The van der Waals surface area contributed by atoms with Gasteiger partial charge in [0.15, 0.2) is 0 Å². The molecule has 0 atom stereocenters. The third-order valence-electron chi connectivity index (χ3n) is 2.73. The summed E-state index contributed by atoms with van der Waals surface area (Å²) < 4.78 is 0. The molecule has 0 unspecified atom stereocenters. The van der Waals surface area contributed by atoms with Crippen molar-refractivity contribution >= 4 is 23.2 Å². The Morgan fingerprint density at radius 1 is 1.10 bits per heavy atom. The lowest BCUT2D eigenvalue weighted by Gasteiger charge is -2.07. The van der Waals surface area contributed by atoms with E-state index in [0.717, 1.165) is 29.6 Å². The molecule has 20 heavy (non-hydrogen) atoms. The van der Waals surface area contributed by atoms with Crippen LogP contribution in [0.3, 0.4) is 0 Å². The second-order valence-electron chi connectivity index (χ2n) is 4.26. The summed E-state index contributed by atoms with van der Waals surface area (Å²) in [7, 11) is 0. The predicted molar refractivity (Wildman–Crippen MR) is 84.4 cm³/mol. The lowest BCUT2D eigenvalue weighted by molar-refractivity contribution is 0.999. The first-order valence-corrected chi connectivity index (χ1v) is 6.81. The summed E-state index contributed by atoms with van der Waals surface area (Å²) in [6, 6.07) is 9.74. The SMILES string of the molecule is C=CCNc1cc(NCCc2ccc(Cl)cc2)ncn1. The maximum Gasteiger partial charge on any atom is 0.131 e. The van der Waals surface area contributed by atoms with Crippen molar-refractivity contribution in [2.45, 2.75) is 6.42 Å². The van der Waals surface area contributed by atoms with Gasteiger partial charge in [0.1, 0.15) is 18.0 Å². The molecule has 0 aliphatic heterocycles. The van der Waals surface area contributed by atoms with E-state index < -0.39 is 0 Å². The van der Waals surface area contributed by atoms with Gasteiger partial charge in [0, 0.05) is 24.2 Å². The number of hydrogen-bond acceptors (Lipinski definition) is 4. The van der Waals surface area contributed by atoms with E-state index in [1.54, 1.807) is 6.08 Å². The van der Waals surface area contributed by atoms with Gasteiger partial charge in [-0.1, -0.05) is 29.8 Å². The van der Waals surface area contributed by atoms with E-state index in [1.165, 1.54) is 11.9 Å². The fourth-order valence-corrected chi connectivity index (χ4v) is 1.84. The molecule has 0 saturated heterocycles. The highest BCUT2D eigenvalue weighted by molar-refractivity contribution is 6.30. The molecule has 1 aromatic heterocycles. The van der Waals surface area contributed by atoms with Crippen LogP contribution < -0.4 is 10.6 Å². The quantitative estimate of drug-likeness (QED) is 0.767. The van der Waals surface area contributed by atoms with Crippen LogP contribution >= 0.6 is 11.6 Å². The van der Waals surface area contributed by atoms with Crippen LogP contribution in [0.2, 0.25) is 5.02 Å². The molecule has 0 bridgehead atoms. The van der Waals surface area contributed by atoms with E-state index in [0.29, 0.717) is 6.54 Å². The van der Waals surface area contributed by atoms with Crippen molar-refractivity contribution in [3.05, 3.63) is 59.9 Å². The van der Waals surface area contributed by atoms with Crippen LogP contribution in [0.5, 0.6) is 0 Å². The van der Waals surface area contributed by atoms with Crippen molar-refractivity contribution in [2.75, 3.05) is 23.7 Å². The zero-order chi connectivity index (χ0) is 14.2. The van der Waals surface area contributed by atoms with E-state index in [1.807, 2.05) is 30.3 Å². The Morgan fingerprint density at radius 2 is 1.80 bits per heavy atom. The molecule has 0 amide bonds. The summed E-state index contributed by atoms with van der Waals surface area (Å²) in [5.74, 6) is 1.59. The second-order valence-corrected chi connectivity index (χ2v) is 4.70. The molecule has 2 N–H and O–H groups in total. The molecular weight excluding hydrogens is 272 g/mol. The molecule has 0 radical (unpaired) electrons. The van der Waals surface area contributed by atoms with Crippen molar-refractivity contribution in [3.63, 3.8) is 0 Å². The number of halogens is 1. The fourth-order valence-electron chi connectivity index (χ4n) is 1.71. The van der Waals surface area contributed by atoms with Crippen molar-refractivity contribution < 1.29 is 0 Å². The van der Waals surface area contributed by atoms with Gasteiger partial charge in [-0.05, 0) is 24.1 Å². The monoisotopic (exact) mass is 288 g/mol. The Morgan fingerprint density at radius 3 is 2.50 bits per heavy atom. The molecule has 5 heteroatoms. The van der Waals surface area contributed by atoms with E-state index in [9.17, 15) is 0 Å². The van der Waals surface area contributed by atoms with Gasteiger partial charge >= 0.3 is 0 Å². The van der Waals surface area contributed by atoms with Crippen molar-refractivity contribution in [1.82, 2.24) is 9.97 Å². The highest BCUT2D eigenvalue weighted by atomic mass is 35.5. The summed E-state index contributed by atoms with van der Waals surface area (Å²) in [5, 5.41) is 7.16. The Labute approximate surface area is 123 Å². The number of rotatable bonds is 7. The molecule has 4 nitrogen and oxygen atoms in total. The zero-order valence-electron chi connectivity index (χ0n) is 11.1. The van der Waals surface area contributed by atoms with Crippen molar-refractivity contribution in [3.8, 4) is 0 Å². The Balaban J connectivity index is 1.84. The van der Waals surface area contributed by atoms with E-state index >= 15 is 0 Å². The summed E-state index contributed by atoms with van der Waals surface area (Å²) in [5.41, 5.74) is 1.24. The minimum atomic E-state index is 0.682. The van der Waals surface area contributed by atoms with Gasteiger partial charge in [-0.25, -0.2) is 9.97 Å². The first kappa shape index (κ1) is 14.3. The summed E-state index contributed by atoms with van der Waals surface area (Å²) in [4.78, 5) is 8.31. The maximum absolute atomic E-state index is 5.85. The van der Waals surface area contributed by atoms with Gasteiger partial charge in [0.2, 0.25) is 0 Å². The number of anilines is 2. The molecule has 0 fully saturated rings. The van der Waals surface area contributed by atoms with Gasteiger partial charge in [-0.15, -0.1) is 6.58 Å². The van der Waals surface area contributed by atoms with Crippen LogP contribution in [-0.2, 0) is 6.42 Å². The Kier molecular flexibility index (Phi) is 5.38. The Hall–Kier alpha value is -2.07. The van der Waals surface area contributed by atoms with Crippen LogP contribution in [-0.4, -0.2) is 23.1 Å². The molecular formula is C15H17ClN4. The van der Waals surface area contributed by atoms with Gasteiger partial charge in [0.05, 0.1) is 0 Å². The van der Waals surface area contributed by atoms with Crippen LogP contribution in [0.25, 0.3) is 0 Å². The summed E-state index contributed by atoms with van der Waals surface area (Å²) in [6.07, 6.45) is 4.24. The van der Waals surface area contributed by atoms with Crippen molar-refractivity contribution in [2.24, 2.45) is 0 Å². The number of nitrogens with zero attached hydrogens (tertiary/aromatic N) is 2. The summed E-state index contributed by atoms with van der Waals surface area (Å²) >= 11 is 5.85. The van der Waals surface area contributed by atoms with Crippen molar-refractivity contribution in [1.29, 1.82) is 0 Å². The molecule has 1 aromatic carbocycles. The molecule has 1 heterocycles. The highest BCUT2D eigenvalue weighted by Crippen LogP contribution is 2.11. The van der Waals surface area contributed by atoms with Gasteiger partial charge < -0.3 is 10.6 Å². The average Bonchev–Trinajstić information content (AvgIpc) is 2.48. The van der Waals surface area contributed by atoms with E-state index in [4.69, 9.17) is 11.6 Å². The van der Waals surface area contributed by atoms with Crippen LogP contribution in [0.1, 0.15) is 5.56 Å². The first-order chi connectivity index (χ1) is 9.78. The number of benzene rings is 1. The second kappa shape index (κ2) is 7.50. The lowest BCUT2D eigenvalue weighted by Crippen LogP contribution is -2.08. The lowest BCUT2D eigenvalue weighted by atomic mass is 10.1. The van der Waals surface area contributed by atoms with E-state index in [-0.39, 0.29) is 0 Å². The smallest absolute Gasteiger partial charge is 0.131 e. The molecule has 2 rings (SSSR count). The number of aromatic nitrogens is 2. The molecule has 0 aliphatic carbocycles. The number of hydrogen-bond donors (Lipinski definition) is 2. The molecule has 0 saturated carbocycles. The molecule has 0 spiro atoms. The topological polar surface area (TPSA) is 49.8 Å². The number of nitrogens with one attached hydrogen (secondary N) is 2. The maximum atomic E-state index is 5.85. The van der Waals surface area contributed by atoms with Gasteiger partial charge in [-0.3, -0.25) is 0 Å². The fraction of sp³-hybridized carbons (Fsp3) is 0.200. The van der Waals surface area contributed by atoms with Gasteiger partial charge in [-0.2, -0.15) is 0 Å². The predicted octanol–water partition coefficient (Wildman–Crippen LogP) is 3.38.